The van der Waals surface area contributed by atoms with Crippen LogP contribution in [0.15, 0.2) is 60.7 Å². The van der Waals surface area contributed by atoms with Crippen LogP contribution in [0.25, 0.3) is 0 Å². The fourth-order valence-electron chi connectivity index (χ4n) is 2.79. The predicted molar refractivity (Wildman–Crippen MR) is 98.7 cm³/mol. The van der Waals surface area contributed by atoms with E-state index in [0.29, 0.717) is 6.61 Å². The van der Waals surface area contributed by atoms with Crippen LogP contribution >= 0.6 is 0 Å². The Labute approximate surface area is 145 Å². The summed E-state index contributed by atoms with van der Waals surface area (Å²) >= 11 is 0. The highest BCUT2D eigenvalue weighted by molar-refractivity contribution is 5.17. The fraction of sp³-hybridized carbons (Fsp3) is 0.429. The Bertz CT molecular complexity index is 497. The Morgan fingerprint density at radius 3 is 1.71 bits per heavy atom. The summed E-state index contributed by atoms with van der Waals surface area (Å²) in [6.07, 6.45) is 4.12. The summed E-state index contributed by atoms with van der Waals surface area (Å²) in [4.78, 5) is 2.63. The Morgan fingerprint density at radius 2 is 1.42 bits per heavy atom. The molecule has 2 aromatic rings. The van der Waals surface area contributed by atoms with Gasteiger partial charge in [0.25, 0.3) is 0 Å². The van der Waals surface area contributed by atoms with Gasteiger partial charge in [-0.3, -0.25) is 4.90 Å². The van der Waals surface area contributed by atoms with Crippen LogP contribution in [-0.2, 0) is 17.8 Å². The molecule has 1 fully saturated rings. The predicted octanol–water partition coefficient (Wildman–Crippen LogP) is 3.87. The number of aliphatic hydroxyl groups excluding tert-OH is 1. The molecule has 0 radical (unpaired) electrons. The number of benzene rings is 2. The maximum absolute atomic E-state index is 7.94. The van der Waals surface area contributed by atoms with E-state index in [4.69, 9.17) is 5.11 Å². The molecule has 0 spiro atoms. The molecule has 3 nitrogen and oxygen atoms in total. The molecule has 0 heterocycles. The molecule has 0 unspecified atom stereocenters. The van der Waals surface area contributed by atoms with E-state index in [2.05, 4.69) is 70.3 Å². The first-order valence-corrected chi connectivity index (χ1v) is 8.75. The van der Waals surface area contributed by atoms with Gasteiger partial charge in [-0.2, -0.15) is 0 Å². The van der Waals surface area contributed by atoms with Crippen LogP contribution < -0.4 is 0 Å². The first-order valence-electron chi connectivity index (χ1n) is 8.75. The Balaban J connectivity index is 0.000000368. The van der Waals surface area contributed by atoms with E-state index in [1.165, 1.54) is 30.4 Å². The molecule has 130 valence electrons. The van der Waals surface area contributed by atoms with Crippen LogP contribution in [0.2, 0.25) is 0 Å². The van der Waals surface area contributed by atoms with Crippen molar-refractivity contribution in [3.05, 3.63) is 71.8 Å². The van der Waals surface area contributed by atoms with Crippen molar-refractivity contribution in [3.63, 3.8) is 0 Å². The molecule has 0 aliphatic heterocycles. The third-order valence-corrected chi connectivity index (χ3v) is 4.34. The molecular weight excluding hydrogens is 298 g/mol. The van der Waals surface area contributed by atoms with E-state index in [9.17, 15) is 0 Å². The minimum absolute atomic E-state index is 0.122. The number of ether oxygens (including phenoxy) is 1. The van der Waals surface area contributed by atoms with E-state index in [0.717, 1.165) is 19.1 Å². The topological polar surface area (TPSA) is 32.7 Å². The first kappa shape index (κ1) is 18.7. The number of hydrogen-bond donors (Lipinski definition) is 1. The van der Waals surface area contributed by atoms with Crippen LogP contribution in [0.3, 0.4) is 0 Å². The van der Waals surface area contributed by atoms with Crippen molar-refractivity contribution in [3.8, 4) is 0 Å². The normalized spacial score (nSPS) is 14.0. The van der Waals surface area contributed by atoms with Crippen LogP contribution in [0.5, 0.6) is 0 Å². The summed E-state index contributed by atoms with van der Waals surface area (Å²) in [5, 5.41) is 7.94. The number of hydrogen-bond acceptors (Lipinski definition) is 3. The van der Waals surface area contributed by atoms with Gasteiger partial charge in [-0.1, -0.05) is 67.1 Å². The van der Waals surface area contributed by atoms with Gasteiger partial charge < -0.3 is 9.84 Å². The lowest BCUT2D eigenvalue weighted by Crippen LogP contribution is -2.39. The van der Waals surface area contributed by atoms with Crippen LogP contribution in [0.1, 0.15) is 30.4 Å². The third kappa shape index (κ3) is 6.44. The monoisotopic (exact) mass is 327 g/mol. The lowest BCUT2D eigenvalue weighted by molar-refractivity contribution is 0.111. The number of rotatable bonds is 7. The number of aliphatic hydroxyl groups is 1. The zero-order valence-electron chi connectivity index (χ0n) is 14.6. The molecule has 0 bridgehead atoms. The van der Waals surface area contributed by atoms with Crippen molar-refractivity contribution in [2.45, 2.75) is 38.4 Å². The molecule has 3 rings (SSSR count). The van der Waals surface area contributed by atoms with Gasteiger partial charge in [-0.15, -0.1) is 0 Å². The van der Waals surface area contributed by atoms with Crippen LogP contribution in [-0.4, -0.2) is 36.4 Å². The molecule has 0 amide bonds. The van der Waals surface area contributed by atoms with Crippen molar-refractivity contribution in [2.75, 3.05) is 20.3 Å². The van der Waals surface area contributed by atoms with Gasteiger partial charge in [0.2, 0.25) is 0 Å². The standard InChI is InChI=1S/C18H21N.C3H8O2/c1-3-8-16(9-4-1)14-19(18-12-7-13-18)15-17-10-5-2-6-11-17;1-5-3-2-4/h1-6,8-11,18H,7,12-15H2;4H,2-3H2,1H3. The lowest BCUT2D eigenvalue weighted by Gasteiger charge is -2.37. The molecule has 3 heteroatoms. The van der Waals surface area contributed by atoms with Gasteiger partial charge in [0.15, 0.2) is 0 Å². The molecule has 24 heavy (non-hydrogen) atoms. The molecular formula is C21H29NO2. The highest BCUT2D eigenvalue weighted by Gasteiger charge is 2.24. The summed E-state index contributed by atoms with van der Waals surface area (Å²) in [6, 6.07) is 22.4. The highest BCUT2D eigenvalue weighted by Crippen LogP contribution is 2.27. The molecule has 0 aromatic heterocycles. The number of methoxy groups -OCH3 is 1. The van der Waals surface area contributed by atoms with Crippen molar-refractivity contribution in [1.82, 2.24) is 4.90 Å². The molecule has 1 aliphatic carbocycles. The minimum Gasteiger partial charge on any atom is -0.394 e. The van der Waals surface area contributed by atoms with E-state index >= 15 is 0 Å². The van der Waals surface area contributed by atoms with E-state index < -0.39 is 0 Å². The van der Waals surface area contributed by atoms with Gasteiger partial charge in [0.1, 0.15) is 0 Å². The molecule has 1 saturated carbocycles. The summed E-state index contributed by atoms with van der Waals surface area (Å²) in [7, 11) is 1.55. The quantitative estimate of drug-likeness (QED) is 0.838. The fourth-order valence-corrected chi connectivity index (χ4v) is 2.79. The van der Waals surface area contributed by atoms with E-state index in [1.807, 2.05) is 0 Å². The number of nitrogens with zero attached hydrogens (tertiary/aromatic N) is 1. The molecule has 1 aliphatic rings. The molecule has 0 atom stereocenters. The second-order valence-electron chi connectivity index (χ2n) is 6.18. The van der Waals surface area contributed by atoms with Gasteiger partial charge in [-0.25, -0.2) is 0 Å². The van der Waals surface area contributed by atoms with Crippen molar-refractivity contribution < 1.29 is 9.84 Å². The maximum Gasteiger partial charge on any atom is 0.0693 e. The van der Waals surface area contributed by atoms with Gasteiger partial charge in [0.05, 0.1) is 13.2 Å². The highest BCUT2D eigenvalue weighted by atomic mass is 16.5. The summed E-state index contributed by atoms with van der Waals surface area (Å²) in [6.45, 7) is 2.71. The van der Waals surface area contributed by atoms with Gasteiger partial charge in [0, 0.05) is 26.2 Å². The van der Waals surface area contributed by atoms with E-state index in [1.54, 1.807) is 7.11 Å². The second-order valence-corrected chi connectivity index (χ2v) is 6.18. The Kier molecular flexibility index (Phi) is 8.53. The smallest absolute Gasteiger partial charge is 0.0693 e. The largest absolute Gasteiger partial charge is 0.394 e. The Hall–Kier alpha value is -1.68. The lowest BCUT2D eigenvalue weighted by atomic mass is 9.90. The minimum atomic E-state index is 0.122. The summed E-state index contributed by atoms with van der Waals surface area (Å²) in [5.74, 6) is 0. The second kappa shape index (κ2) is 11.0. The average Bonchev–Trinajstić information content (AvgIpc) is 2.56. The molecule has 1 N–H and O–H groups in total. The first-order chi connectivity index (χ1) is 11.8. The summed E-state index contributed by atoms with van der Waals surface area (Å²) < 4.78 is 4.44. The van der Waals surface area contributed by atoms with Crippen LogP contribution in [0.4, 0.5) is 0 Å². The summed E-state index contributed by atoms with van der Waals surface area (Å²) in [5.41, 5.74) is 2.84. The zero-order valence-corrected chi connectivity index (χ0v) is 14.6. The molecule has 2 aromatic carbocycles. The van der Waals surface area contributed by atoms with Crippen molar-refractivity contribution in [1.29, 1.82) is 0 Å². The Morgan fingerprint density at radius 1 is 0.917 bits per heavy atom. The average molecular weight is 327 g/mol. The van der Waals surface area contributed by atoms with Crippen LogP contribution in [0, 0.1) is 0 Å². The van der Waals surface area contributed by atoms with Crippen molar-refractivity contribution >= 4 is 0 Å². The van der Waals surface area contributed by atoms with Gasteiger partial charge in [-0.05, 0) is 24.0 Å². The zero-order chi connectivity index (χ0) is 17.0. The third-order valence-electron chi connectivity index (χ3n) is 4.34. The maximum atomic E-state index is 7.94. The van der Waals surface area contributed by atoms with E-state index in [-0.39, 0.29) is 6.61 Å². The SMILES string of the molecule is COCCO.c1ccc(CN(Cc2ccccc2)C2CCC2)cc1. The van der Waals surface area contributed by atoms with Crippen molar-refractivity contribution in [2.24, 2.45) is 0 Å². The molecule has 0 saturated heterocycles. The van der Waals surface area contributed by atoms with Gasteiger partial charge >= 0.3 is 0 Å².